The van der Waals surface area contributed by atoms with Gasteiger partial charge in [-0.05, 0) is 60.8 Å². The van der Waals surface area contributed by atoms with E-state index in [9.17, 15) is 0 Å². The second-order valence-corrected chi connectivity index (χ2v) is 7.31. The van der Waals surface area contributed by atoms with Crippen molar-refractivity contribution in [1.29, 1.82) is 5.26 Å². The number of halogens is 1. The van der Waals surface area contributed by atoms with Crippen molar-refractivity contribution in [3.05, 3.63) is 70.9 Å². The van der Waals surface area contributed by atoms with Crippen LogP contribution >= 0.6 is 11.6 Å². The average Bonchev–Trinajstić information content (AvgIpc) is 3.22. The van der Waals surface area contributed by atoms with Crippen LogP contribution in [0.3, 0.4) is 0 Å². The fraction of sp³-hybridized carbons (Fsp3) is 0.286. The topological polar surface area (TPSA) is 32.0 Å². The summed E-state index contributed by atoms with van der Waals surface area (Å²) in [7, 11) is 0. The monoisotopic (exact) mass is 349 g/mol. The lowest BCUT2D eigenvalue weighted by molar-refractivity contribution is 0.310. The van der Waals surface area contributed by atoms with Gasteiger partial charge in [0.1, 0.15) is 0 Å². The van der Waals surface area contributed by atoms with Crippen molar-refractivity contribution in [2.45, 2.75) is 19.5 Å². The summed E-state index contributed by atoms with van der Waals surface area (Å²) in [5.41, 5.74) is 3.22. The molecule has 1 atom stereocenters. The summed E-state index contributed by atoms with van der Waals surface area (Å²) in [4.78, 5) is 2.51. The van der Waals surface area contributed by atoms with Gasteiger partial charge >= 0.3 is 0 Å². The lowest BCUT2D eigenvalue weighted by Crippen LogP contribution is -2.21. The Morgan fingerprint density at radius 3 is 2.92 bits per heavy atom. The molecule has 1 unspecified atom stereocenters. The molecule has 3 nitrogen and oxygen atoms in total. The fourth-order valence-corrected chi connectivity index (χ4v) is 4.02. The van der Waals surface area contributed by atoms with E-state index in [2.05, 4.69) is 46.0 Å². The number of aromatic nitrogens is 1. The highest BCUT2D eigenvalue weighted by Gasteiger charge is 2.23. The minimum absolute atomic E-state index is 0.658. The van der Waals surface area contributed by atoms with Crippen LogP contribution in [-0.2, 0) is 13.1 Å². The van der Waals surface area contributed by atoms with Crippen LogP contribution in [0.2, 0.25) is 5.02 Å². The van der Waals surface area contributed by atoms with Crippen LogP contribution < -0.4 is 0 Å². The Hall–Kier alpha value is -2.28. The molecule has 0 saturated carbocycles. The van der Waals surface area contributed by atoms with Crippen LogP contribution in [0.25, 0.3) is 10.9 Å². The summed E-state index contributed by atoms with van der Waals surface area (Å²) in [6.07, 6.45) is 3.36. The normalized spacial score (nSPS) is 17.8. The molecule has 0 aliphatic carbocycles. The molecule has 1 fully saturated rings. The van der Waals surface area contributed by atoms with Gasteiger partial charge in [-0.3, -0.25) is 4.90 Å². The van der Waals surface area contributed by atoms with E-state index in [4.69, 9.17) is 16.9 Å². The predicted octanol–water partition coefficient (Wildman–Crippen LogP) is 4.69. The third-order valence-corrected chi connectivity index (χ3v) is 5.26. The smallest absolute Gasteiger partial charge is 0.0991 e. The number of likely N-dealkylation sites (tertiary alicyclic amines) is 1. The second-order valence-electron chi connectivity index (χ2n) is 6.87. The minimum Gasteiger partial charge on any atom is -0.347 e. The van der Waals surface area contributed by atoms with Crippen molar-refractivity contribution < 1.29 is 0 Å². The van der Waals surface area contributed by atoms with Gasteiger partial charge in [-0.1, -0.05) is 23.7 Å². The third-order valence-electron chi connectivity index (χ3n) is 5.02. The Balaban J connectivity index is 1.42. The van der Waals surface area contributed by atoms with Gasteiger partial charge in [0.15, 0.2) is 0 Å². The molecule has 1 aliphatic heterocycles. The summed E-state index contributed by atoms with van der Waals surface area (Å²) in [6.45, 7) is 4.24. The number of fused-ring (bicyclic) bond motifs is 1. The maximum absolute atomic E-state index is 9.03. The molecule has 126 valence electrons. The maximum atomic E-state index is 9.03. The van der Waals surface area contributed by atoms with Crippen LogP contribution in [0.4, 0.5) is 0 Å². The van der Waals surface area contributed by atoms with Crippen molar-refractivity contribution in [2.75, 3.05) is 13.1 Å². The molecule has 0 N–H and O–H groups in total. The Labute approximate surface area is 153 Å². The molecule has 0 amide bonds. The van der Waals surface area contributed by atoms with Gasteiger partial charge in [-0.15, -0.1) is 0 Å². The Bertz CT molecular complexity index is 938. The Kier molecular flexibility index (Phi) is 4.48. The zero-order chi connectivity index (χ0) is 17.2. The van der Waals surface area contributed by atoms with E-state index in [1.54, 1.807) is 0 Å². The van der Waals surface area contributed by atoms with E-state index in [-0.39, 0.29) is 0 Å². The first kappa shape index (κ1) is 16.2. The minimum atomic E-state index is 0.658. The molecule has 1 aliphatic rings. The maximum Gasteiger partial charge on any atom is 0.0991 e. The van der Waals surface area contributed by atoms with E-state index in [1.165, 1.54) is 17.5 Å². The second kappa shape index (κ2) is 6.92. The molecule has 4 heteroatoms. The van der Waals surface area contributed by atoms with Crippen LogP contribution in [0.15, 0.2) is 54.7 Å². The van der Waals surface area contributed by atoms with Gasteiger partial charge in [0, 0.05) is 41.8 Å². The number of rotatable bonds is 4. The first-order valence-corrected chi connectivity index (χ1v) is 9.05. The number of nitriles is 1. The summed E-state index contributed by atoms with van der Waals surface area (Å²) in [6, 6.07) is 18.4. The molecule has 0 radical (unpaired) electrons. The highest BCUT2D eigenvalue weighted by molar-refractivity contribution is 6.30. The number of benzene rings is 2. The van der Waals surface area contributed by atoms with Crippen molar-refractivity contribution in [1.82, 2.24) is 9.47 Å². The molecule has 0 bridgehead atoms. The van der Waals surface area contributed by atoms with Crippen molar-refractivity contribution in [2.24, 2.45) is 5.92 Å². The molecule has 1 aromatic heterocycles. The molecular weight excluding hydrogens is 330 g/mol. The molecule has 4 rings (SSSR count). The lowest BCUT2D eigenvalue weighted by Gasteiger charge is -2.17. The van der Waals surface area contributed by atoms with Crippen molar-refractivity contribution in [3.63, 3.8) is 0 Å². The van der Waals surface area contributed by atoms with Gasteiger partial charge in [-0.25, -0.2) is 0 Å². The first-order chi connectivity index (χ1) is 12.2. The molecule has 1 saturated heterocycles. The molecule has 2 heterocycles. The molecule has 0 spiro atoms. The van der Waals surface area contributed by atoms with Gasteiger partial charge in [0.25, 0.3) is 0 Å². The quantitative estimate of drug-likeness (QED) is 0.684. The first-order valence-electron chi connectivity index (χ1n) is 8.67. The van der Waals surface area contributed by atoms with Gasteiger partial charge in [0.2, 0.25) is 0 Å². The SMILES string of the molecule is N#Cc1ccc2c(ccn2CC2CCN(Cc3cccc(Cl)c3)C2)c1. The Morgan fingerprint density at radius 2 is 2.08 bits per heavy atom. The number of hydrogen-bond donors (Lipinski definition) is 0. The van der Waals surface area contributed by atoms with Crippen LogP contribution in [0.1, 0.15) is 17.5 Å². The van der Waals surface area contributed by atoms with Gasteiger partial charge in [0.05, 0.1) is 11.6 Å². The van der Waals surface area contributed by atoms with Crippen LogP contribution in [-0.4, -0.2) is 22.6 Å². The largest absolute Gasteiger partial charge is 0.347 e. The van der Waals surface area contributed by atoms with E-state index >= 15 is 0 Å². The van der Waals surface area contributed by atoms with Gasteiger partial charge < -0.3 is 4.57 Å². The standard InChI is InChI=1S/C21H20ClN3/c22-20-3-1-2-17(11-20)13-24-8-6-18(14-24)15-25-9-7-19-10-16(12-23)4-5-21(19)25/h1-5,7,9-11,18H,6,8,13-15H2. The van der Waals surface area contributed by atoms with E-state index in [0.717, 1.165) is 42.2 Å². The van der Waals surface area contributed by atoms with E-state index in [0.29, 0.717) is 5.92 Å². The summed E-state index contributed by atoms with van der Waals surface area (Å²) in [5, 5.41) is 11.0. The Morgan fingerprint density at radius 1 is 1.16 bits per heavy atom. The lowest BCUT2D eigenvalue weighted by atomic mass is 10.1. The number of nitrogens with zero attached hydrogens (tertiary/aromatic N) is 3. The predicted molar refractivity (Wildman–Crippen MR) is 101 cm³/mol. The summed E-state index contributed by atoms with van der Waals surface area (Å²) < 4.78 is 2.32. The zero-order valence-corrected chi connectivity index (χ0v) is 14.8. The van der Waals surface area contributed by atoms with Crippen molar-refractivity contribution >= 4 is 22.5 Å². The van der Waals surface area contributed by atoms with E-state index < -0.39 is 0 Å². The van der Waals surface area contributed by atoms with Crippen molar-refractivity contribution in [3.8, 4) is 6.07 Å². The highest BCUT2D eigenvalue weighted by atomic mass is 35.5. The summed E-state index contributed by atoms with van der Waals surface area (Å²) in [5.74, 6) is 0.658. The highest BCUT2D eigenvalue weighted by Crippen LogP contribution is 2.24. The average molecular weight is 350 g/mol. The van der Waals surface area contributed by atoms with Gasteiger partial charge in [-0.2, -0.15) is 5.26 Å². The number of hydrogen-bond acceptors (Lipinski definition) is 2. The third kappa shape index (κ3) is 3.56. The molecule has 3 aromatic rings. The summed E-state index contributed by atoms with van der Waals surface area (Å²) >= 11 is 6.09. The molecule has 25 heavy (non-hydrogen) atoms. The van der Waals surface area contributed by atoms with Crippen LogP contribution in [0.5, 0.6) is 0 Å². The molecule has 2 aromatic carbocycles. The molecular formula is C21H20ClN3. The zero-order valence-electron chi connectivity index (χ0n) is 14.0. The van der Waals surface area contributed by atoms with Crippen LogP contribution in [0, 0.1) is 17.2 Å². The van der Waals surface area contributed by atoms with E-state index in [1.807, 2.05) is 24.3 Å². The fourth-order valence-electron chi connectivity index (χ4n) is 3.81.